The molecule has 0 unspecified atom stereocenters. The third kappa shape index (κ3) is 11.9. The number of rotatable bonds is 10. The minimum absolute atomic E-state index is 0.0244. The number of phenolic OH excluding ortho intramolecular Hbond substituents is 2. The van der Waals surface area contributed by atoms with Gasteiger partial charge in [0.2, 0.25) is 0 Å². The number of urea groups is 1. The number of aliphatic imine (C=N–C) groups is 1. The van der Waals surface area contributed by atoms with Crippen molar-refractivity contribution in [2.75, 3.05) is 50.2 Å². The second-order valence-corrected chi connectivity index (χ2v) is 12.1. The molecular weight excluding hydrogens is 717 g/mol. The molecule has 0 saturated heterocycles. The van der Waals surface area contributed by atoms with Crippen molar-refractivity contribution in [1.82, 2.24) is 20.6 Å². The number of aldehydes is 1. The molecule has 0 aliphatic rings. The number of nitrogens with two attached hydrogens (primary N) is 3. The van der Waals surface area contributed by atoms with E-state index < -0.39 is 0 Å². The number of nitriles is 4. The van der Waals surface area contributed by atoms with Gasteiger partial charge in [0.05, 0.1) is 17.3 Å². The van der Waals surface area contributed by atoms with Crippen LogP contribution in [0.3, 0.4) is 0 Å². The van der Waals surface area contributed by atoms with E-state index in [4.69, 9.17) is 17.2 Å². The van der Waals surface area contributed by atoms with Crippen molar-refractivity contribution in [2.24, 2.45) is 10.7 Å². The van der Waals surface area contributed by atoms with Crippen LogP contribution >= 0.6 is 23.5 Å². The van der Waals surface area contributed by atoms with Gasteiger partial charge in [-0.1, -0.05) is 24.3 Å². The third-order valence-corrected chi connectivity index (χ3v) is 8.55. The zero-order chi connectivity index (χ0) is 39.3. The number of aromatic hydroxyl groups is 2. The lowest BCUT2D eigenvalue weighted by Gasteiger charge is -2.13. The summed E-state index contributed by atoms with van der Waals surface area (Å²) in [6.07, 6.45) is 1.83. The first-order valence-electron chi connectivity index (χ1n) is 15.2. The van der Waals surface area contributed by atoms with Crippen LogP contribution in [-0.4, -0.2) is 77.4 Å². The number of phenols is 2. The molecule has 2 heterocycles. The highest BCUT2D eigenvalue weighted by atomic mass is 32.2. The van der Waals surface area contributed by atoms with Crippen LogP contribution in [0.1, 0.15) is 22.3 Å². The Hall–Kier alpha value is -6.83. The van der Waals surface area contributed by atoms with Gasteiger partial charge in [-0.15, -0.1) is 23.5 Å². The van der Waals surface area contributed by atoms with Crippen LogP contribution < -0.4 is 27.8 Å². The van der Waals surface area contributed by atoms with Gasteiger partial charge in [-0.3, -0.25) is 9.79 Å². The van der Waals surface area contributed by atoms with Gasteiger partial charge in [-0.25, -0.2) is 14.8 Å². The van der Waals surface area contributed by atoms with Crippen molar-refractivity contribution in [1.29, 1.82) is 21.0 Å². The van der Waals surface area contributed by atoms with Crippen molar-refractivity contribution < 1.29 is 19.8 Å². The maximum Gasteiger partial charge on any atom is 0.314 e. The van der Waals surface area contributed by atoms with E-state index in [1.165, 1.54) is 61.1 Å². The number of benzene rings is 2. The summed E-state index contributed by atoms with van der Waals surface area (Å²) in [5.41, 5.74) is 20.0. The number of pyridine rings is 2. The van der Waals surface area contributed by atoms with Crippen LogP contribution in [0.2, 0.25) is 0 Å². The predicted molar refractivity (Wildman–Crippen MR) is 204 cm³/mol. The lowest BCUT2D eigenvalue weighted by molar-refractivity contribution is -0.102. The summed E-state index contributed by atoms with van der Waals surface area (Å²) in [5, 5.41) is 62.7. The zero-order valence-electron chi connectivity index (χ0n) is 28.5. The Morgan fingerprint density at radius 1 is 0.792 bits per heavy atom. The van der Waals surface area contributed by atoms with E-state index >= 15 is 0 Å². The van der Waals surface area contributed by atoms with E-state index in [1.807, 2.05) is 12.1 Å². The van der Waals surface area contributed by atoms with Crippen molar-refractivity contribution >= 4 is 53.7 Å². The summed E-state index contributed by atoms with van der Waals surface area (Å²) in [6, 6.07) is 20.2. The summed E-state index contributed by atoms with van der Waals surface area (Å²) in [5.74, 6) is 1.32. The molecular formula is C35H34N12O4S2. The lowest BCUT2D eigenvalue weighted by Crippen LogP contribution is -2.34. The Bertz CT molecular complexity index is 2100. The van der Waals surface area contributed by atoms with E-state index in [1.54, 1.807) is 31.3 Å². The van der Waals surface area contributed by atoms with Crippen molar-refractivity contribution in [3.8, 4) is 58.0 Å². The molecule has 10 N–H and O–H groups in total. The summed E-state index contributed by atoms with van der Waals surface area (Å²) in [4.78, 5) is 32.1. The minimum atomic E-state index is -0.303. The average Bonchev–Trinajstić information content (AvgIpc) is 3.16. The lowest BCUT2D eigenvalue weighted by atomic mass is 9.97. The highest BCUT2D eigenvalue weighted by Crippen LogP contribution is 2.37. The Kier molecular flexibility index (Phi) is 17.6. The van der Waals surface area contributed by atoms with E-state index in [0.717, 1.165) is 0 Å². The van der Waals surface area contributed by atoms with E-state index in [2.05, 4.69) is 37.7 Å². The van der Waals surface area contributed by atoms with Gasteiger partial charge in [-0.2, -0.15) is 21.0 Å². The summed E-state index contributed by atoms with van der Waals surface area (Å²) < 4.78 is 0. The Balaban J connectivity index is 0.000000329. The molecule has 0 saturated carbocycles. The fourth-order valence-electron chi connectivity index (χ4n) is 4.26. The fraction of sp³-hybridized carbons (Fsp3) is 0.171. The predicted octanol–water partition coefficient (Wildman–Crippen LogP) is 3.52. The smallest absolute Gasteiger partial charge is 0.314 e. The standard InChI is InChI=1S/C17H16N6O2S.C15H13N5OS.C3H5NO/c1-21-17(25)22-6-7-26-16-13(9-19)14(12(8-18)15(20)23-16)10-2-4-11(24)5-3-10;16-5-6-22-15-12(8-18)13(11(7-17)14(19)20-15)9-1-3-10(21)4-2-9;1-4-2-3-5/h2-5,24H,6-7H2,1H3,(H2,20,23)(H2,21,22,25);1-4,21H,5-6,16H2,(H2,19,20);2-3H,1H3. The summed E-state index contributed by atoms with van der Waals surface area (Å²) >= 11 is 2.57. The zero-order valence-corrected chi connectivity index (χ0v) is 30.1. The Morgan fingerprint density at radius 2 is 1.21 bits per heavy atom. The van der Waals surface area contributed by atoms with Gasteiger partial charge in [0, 0.05) is 49.8 Å². The van der Waals surface area contributed by atoms with E-state index in [0.29, 0.717) is 63.2 Å². The molecule has 0 aliphatic carbocycles. The molecule has 2 aromatic carbocycles. The van der Waals surface area contributed by atoms with E-state index in [9.17, 15) is 40.8 Å². The summed E-state index contributed by atoms with van der Waals surface area (Å²) in [7, 11) is 3.07. The van der Waals surface area contributed by atoms with Crippen LogP contribution in [0, 0.1) is 45.3 Å². The highest BCUT2D eigenvalue weighted by Gasteiger charge is 2.21. The second kappa shape index (κ2) is 22.1. The topological polar surface area (TPSA) is 310 Å². The van der Waals surface area contributed by atoms with Gasteiger partial charge in [-0.05, 0) is 35.4 Å². The molecule has 0 aliphatic heterocycles. The second-order valence-electron chi connectivity index (χ2n) is 9.93. The van der Waals surface area contributed by atoms with Crippen molar-refractivity contribution in [3.05, 3.63) is 70.8 Å². The number of nitrogens with one attached hydrogen (secondary N) is 2. The molecule has 53 heavy (non-hydrogen) atoms. The molecule has 0 spiro atoms. The number of aromatic nitrogens is 2. The number of carbonyl (C=O) groups is 2. The molecule has 18 heteroatoms. The van der Waals surface area contributed by atoms with Crippen LogP contribution in [0.25, 0.3) is 22.3 Å². The number of nitrogen functional groups attached to an aromatic ring is 2. The molecule has 16 nitrogen and oxygen atoms in total. The molecule has 0 fully saturated rings. The Morgan fingerprint density at radius 3 is 1.53 bits per heavy atom. The monoisotopic (exact) mass is 750 g/mol. The first-order chi connectivity index (χ1) is 25.5. The quantitative estimate of drug-likeness (QED) is 0.0528. The largest absolute Gasteiger partial charge is 0.508 e. The van der Waals surface area contributed by atoms with E-state index in [-0.39, 0.29) is 51.4 Å². The van der Waals surface area contributed by atoms with Crippen LogP contribution in [0.15, 0.2) is 63.6 Å². The number of nitrogens with zero attached hydrogens (tertiary/aromatic N) is 7. The van der Waals surface area contributed by atoms with Crippen molar-refractivity contribution in [2.45, 2.75) is 10.1 Å². The molecule has 4 rings (SSSR count). The number of amides is 2. The first-order valence-corrected chi connectivity index (χ1v) is 17.2. The van der Waals surface area contributed by atoms with Crippen LogP contribution in [0.4, 0.5) is 16.4 Å². The van der Waals surface area contributed by atoms with Crippen LogP contribution in [0.5, 0.6) is 11.5 Å². The number of hydrogen-bond acceptors (Lipinski definition) is 16. The molecule has 270 valence electrons. The molecule has 4 aromatic rings. The maximum absolute atomic E-state index is 11.2. The molecule has 2 amide bonds. The van der Waals surface area contributed by atoms with Crippen LogP contribution in [-0.2, 0) is 4.79 Å². The minimum Gasteiger partial charge on any atom is -0.508 e. The Labute approximate surface area is 314 Å². The number of hydrogen-bond donors (Lipinski definition) is 7. The molecule has 0 atom stereocenters. The third-order valence-electron chi connectivity index (χ3n) is 6.56. The van der Waals surface area contributed by atoms with Gasteiger partial charge >= 0.3 is 6.03 Å². The first kappa shape index (κ1) is 42.3. The molecule has 0 radical (unpaired) electrons. The van der Waals surface area contributed by atoms with Gasteiger partial charge in [0.15, 0.2) is 6.29 Å². The SMILES string of the molecule is CN=CC=O.CNC(=O)NCCSc1nc(N)c(C#N)c(-c2ccc(O)cc2)c1C#N.N#Cc1c(N)nc(SCCN)c(C#N)c1-c1ccc(O)cc1. The molecule has 0 bridgehead atoms. The van der Waals surface area contributed by atoms with Gasteiger partial charge in [0.1, 0.15) is 68.6 Å². The summed E-state index contributed by atoms with van der Waals surface area (Å²) in [6.45, 7) is 0.803. The maximum atomic E-state index is 11.2. The number of anilines is 2. The van der Waals surface area contributed by atoms with Gasteiger partial charge < -0.3 is 38.0 Å². The normalized spacial score (nSPS) is 9.79. The fourth-order valence-corrected chi connectivity index (χ4v) is 5.87. The molecule has 2 aromatic heterocycles. The van der Waals surface area contributed by atoms with Crippen molar-refractivity contribution in [3.63, 3.8) is 0 Å². The number of thioether (sulfide) groups is 2. The highest BCUT2D eigenvalue weighted by molar-refractivity contribution is 7.99. The average molecular weight is 751 g/mol. The number of carbonyl (C=O) groups excluding carboxylic acids is 2. The van der Waals surface area contributed by atoms with Gasteiger partial charge in [0.25, 0.3) is 0 Å².